The van der Waals surface area contributed by atoms with Gasteiger partial charge in [0, 0.05) is 43.5 Å². The summed E-state index contributed by atoms with van der Waals surface area (Å²) in [7, 11) is 1.94. The van der Waals surface area contributed by atoms with Crippen molar-refractivity contribution in [1.82, 2.24) is 15.2 Å². The summed E-state index contributed by atoms with van der Waals surface area (Å²) in [6.07, 6.45) is 3.08. The highest BCUT2D eigenvalue weighted by Crippen LogP contribution is 2.32. The second kappa shape index (κ2) is 15.3. The molecule has 0 saturated heterocycles. The lowest BCUT2D eigenvalue weighted by atomic mass is 10.1. The zero-order chi connectivity index (χ0) is 29.7. The lowest BCUT2D eigenvalue weighted by Gasteiger charge is -2.30. The minimum absolute atomic E-state index is 0.0996. The van der Waals surface area contributed by atoms with Crippen LogP contribution in [0.4, 0.5) is 5.69 Å². The van der Waals surface area contributed by atoms with Gasteiger partial charge in [-0.15, -0.1) is 0 Å². The molecule has 3 N–H and O–H groups in total. The van der Waals surface area contributed by atoms with Crippen molar-refractivity contribution in [2.45, 2.75) is 13.5 Å². The molecule has 1 atom stereocenters. The van der Waals surface area contributed by atoms with E-state index in [1.165, 1.54) is 5.56 Å². The molecule has 0 saturated carbocycles. The van der Waals surface area contributed by atoms with Crippen molar-refractivity contribution in [3.63, 3.8) is 0 Å². The smallest absolute Gasteiger partial charge is 0.257 e. The van der Waals surface area contributed by atoms with Crippen LogP contribution in [0.5, 0.6) is 17.2 Å². The fourth-order valence-electron chi connectivity index (χ4n) is 4.43. The second-order valence-corrected chi connectivity index (χ2v) is 9.86. The topological polar surface area (TPSA) is 113 Å². The van der Waals surface area contributed by atoms with Gasteiger partial charge in [0.2, 0.25) is 0 Å². The number of carbonyl (C=O) groups excluding carboxylic acids is 2. The Hall–Kier alpha value is -4.73. The van der Waals surface area contributed by atoms with E-state index in [1.54, 1.807) is 47.6 Å². The zero-order valence-electron chi connectivity index (χ0n) is 23.8. The average Bonchev–Trinajstić information content (AvgIpc) is 3.01. The third-order valence-corrected chi connectivity index (χ3v) is 6.40. The van der Waals surface area contributed by atoms with Gasteiger partial charge in [-0.1, -0.05) is 43.3 Å². The van der Waals surface area contributed by atoms with Gasteiger partial charge in [-0.25, -0.2) is 0 Å². The van der Waals surface area contributed by atoms with E-state index in [1.807, 2.05) is 62.5 Å². The first kappa shape index (κ1) is 30.2. The number of benzene rings is 3. The first-order valence-corrected chi connectivity index (χ1v) is 13.8. The van der Waals surface area contributed by atoms with Crippen molar-refractivity contribution in [1.29, 1.82) is 0 Å². The Labute approximate surface area is 246 Å². The summed E-state index contributed by atoms with van der Waals surface area (Å²) in [5.41, 5.74) is 2.49. The first-order chi connectivity index (χ1) is 20.5. The zero-order valence-corrected chi connectivity index (χ0v) is 23.8. The Bertz CT molecular complexity index is 1450. The fourth-order valence-corrected chi connectivity index (χ4v) is 4.43. The Morgan fingerprint density at radius 2 is 1.76 bits per heavy atom. The Kier molecular flexibility index (Phi) is 11.0. The second-order valence-electron chi connectivity index (χ2n) is 9.86. The molecule has 3 aromatic carbocycles. The van der Waals surface area contributed by atoms with E-state index in [0.29, 0.717) is 35.7 Å². The maximum absolute atomic E-state index is 12.8. The van der Waals surface area contributed by atoms with Crippen molar-refractivity contribution in [2.24, 2.45) is 5.92 Å². The molecular weight excluding hydrogens is 532 g/mol. The van der Waals surface area contributed by atoms with E-state index >= 15 is 0 Å². The van der Waals surface area contributed by atoms with Crippen molar-refractivity contribution in [2.75, 3.05) is 38.7 Å². The number of aromatic nitrogens is 1. The van der Waals surface area contributed by atoms with Gasteiger partial charge in [-0.05, 0) is 61.1 Å². The van der Waals surface area contributed by atoms with Gasteiger partial charge in [-0.3, -0.25) is 14.6 Å². The molecule has 1 aliphatic rings. The highest BCUT2D eigenvalue weighted by Gasteiger charge is 2.27. The molecule has 4 aromatic rings. The fraction of sp³-hybridized carbons (Fsp3) is 0.242. The molecule has 0 radical (unpaired) electrons. The number of fused-ring (bicyclic) bond motifs is 1. The maximum atomic E-state index is 12.8. The van der Waals surface area contributed by atoms with Crippen molar-refractivity contribution in [3.05, 3.63) is 114 Å². The molecule has 0 spiro atoms. The molecule has 1 unspecified atom stereocenters. The van der Waals surface area contributed by atoms with Crippen LogP contribution in [0, 0.1) is 5.92 Å². The number of aliphatic hydroxyl groups is 1. The minimum atomic E-state index is -0.306. The van der Waals surface area contributed by atoms with Gasteiger partial charge in [0.1, 0.15) is 11.5 Å². The van der Waals surface area contributed by atoms with Crippen LogP contribution in [0.15, 0.2) is 97.3 Å². The monoisotopic (exact) mass is 568 g/mol. The van der Waals surface area contributed by atoms with Crippen molar-refractivity contribution in [3.8, 4) is 17.2 Å². The van der Waals surface area contributed by atoms with Crippen LogP contribution in [0.2, 0.25) is 0 Å². The summed E-state index contributed by atoms with van der Waals surface area (Å²) in [6, 6.07) is 26.2. The number of amides is 2. The summed E-state index contributed by atoms with van der Waals surface area (Å²) in [6.45, 7) is 3.90. The van der Waals surface area contributed by atoms with E-state index in [0.717, 1.165) is 18.0 Å². The highest BCUT2D eigenvalue weighted by atomic mass is 16.5. The molecule has 9 nitrogen and oxygen atoms in total. The molecule has 218 valence electrons. The number of carbonyl (C=O) groups is 2. The summed E-state index contributed by atoms with van der Waals surface area (Å²) in [5.74, 6) is 1.67. The number of anilines is 1. The molecule has 2 heterocycles. The Morgan fingerprint density at radius 1 is 1.02 bits per heavy atom. The van der Waals surface area contributed by atoms with Crippen LogP contribution in [0.1, 0.15) is 33.2 Å². The maximum Gasteiger partial charge on any atom is 0.257 e. The largest absolute Gasteiger partial charge is 0.490 e. The summed E-state index contributed by atoms with van der Waals surface area (Å²) in [5, 5.41) is 15.2. The molecule has 0 bridgehead atoms. The van der Waals surface area contributed by atoms with Crippen molar-refractivity contribution < 1.29 is 24.2 Å². The Morgan fingerprint density at radius 3 is 2.50 bits per heavy atom. The van der Waals surface area contributed by atoms with Gasteiger partial charge >= 0.3 is 0 Å². The summed E-state index contributed by atoms with van der Waals surface area (Å²) < 4.78 is 11.6. The predicted octanol–water partition coefficient (Wildman–Crippen LogP) is 5.00. The van der Waals surface area contributed by atoms with E-state index in [4.69, 9.17) is 9.47 Å². The average molecular weight is 569 g/mol. The van der Waals surface area contributed by atoms with Crippen LogP contribution >= 0.6 is 0 Å². The number of nitrogens with zero attached hydrogens (tertiary/aromatic N) is 2. The van der Waals surface area contributed by atoms with Gasteiger partial charge in [0.25, 0.3) is 11.8 Å². The first-order valence-electron chi connectivity index (χ1n) is 13.8. The van der Waals surface area contributed by atoms with E-state index in [2.05, 4.69) is 21.7 Å². The molecule has 5 rings (SSSR count). The number of ether oxygens (including phenoxy) is 2. The number of rotatable bonds is 8. The number of pyridine rings is 1. The van der Waals surface area contributed by atoms with E-state index < -0.39 is 0 Å². The number of hydrogen-bond acceptors (Lipinski definition) is 7. The molecule has 9 heteroatoms. The molecule has 0 aliphatic carbocycles. The van der Waals surface area contributed by atoms with Gasteiger partial charge in [0.05, 0.1) is 24.5 Å². The molecule has 1 aromatic heterocycles. The normalized spacial score (nSPS) is 14.3. The quantitative estimate of drug-likeness (QED) is 0.274. The van der Waals surface area contributed by atoms with Crippen molar-refractivity contribution >= 4 is 17.5 Å². The lowest BCUT2D eigenvalue weighted by molar-refractivity contribution is 0.0645. The summed E-state index contributed by atoms with van der Waals surface area (Å²) in [4.78, 5) is 30.8. The third-order valence-electron chi connectivity index (χ3n) is 6.40. The van der Waals surface area contributed by atoms with Crippen LogP contribution < -0.4 is 20.1 Å². The number of β-amino-alcohol motifs (C(OH)–C–C–N with tert-alkyl or cyclic N) is 1. The van der Waals surface area contributed by atoms with Gasteiger partial charge < -0.3 is 30.1 Å². The van der Waals surface area contributed by atoms with Gasteiger partial charge in [0.15, 0.2) is 5.75 Å². The number of aliphatic hydroxyl groups excluding tert-OH is 1. The highest BCUT2D eigenvalue weighted by molar-refractivity contribution is 6.07. The lowest BCUT2D eigenvalue weighted by Crippen LogP contribution is -2.40. The molecule has 2 amide bonds. The molecule has 42 heavy (non-hydrogen) atoms. The van der Waals surface area contributed by atoms with Crippen LogP contribution in [0.25, 0.3) is 0 Å². The number of para-hydroxylation sites is 2. The Balaban J connectivity index is 0.000000216. The number of hydrogen-bond donors (Lipinski definition) is 3. The van der Waals surface area contributed by atoms with E-state index in [9.17, 15) is 14.7 Å². The molecular formula is C33H36N4O5. The van der Waals surface area contributed by atoms with Crippen LogP contribution in [-0.4, -0.2) is 60.2 Å². The SMILES string of the molecule is CC1COc2c(NC(=O)c3ccncc3)cccc2C(=O)N(CCO)C1.CNCc1cccc(Oc2ccccc2)c1. The van der Waals surface area contributed by atoms with Crippen LogP contribution in [0.3, 0.4) is 0 Å². The minimum Gasteiger partial charge on any atom is -0.490 e. The molecule has 1 aliphatic heterocycles. The van der Waals surface area contributed by atoms with Crippen LogP contribution in [-0.2, 0) is 6.54 Å². The molecule has 0 fully saturated rings. The number of nitrogens with one attached hydrogen (secondary N) is 2. The third kappa shape index (κ3) is 8.39. The van der Waals surface area contributed by atoms with E-state index in [-0.39, 0.29) is 30.9 Å². The van der Waals surface area contributed by atoms with Gasteiger partial charge in [-0.2, -0.15) is 0 Å². The standard InChI is InChI=1S/C19H21N3O4.C14H15NO/c1-13-11-22(9-10-23)19(25)15-3-2-4-16(17(15)26-12-13)21-18(24)14-5-7-20-8-6-14;1-15-11-12-6-5-9-14(10-12)16-13-7-3-2-4-8-13/h2-8,13,23H,9-12H2,1H3,(H,21,24);2-10,15H,11H2,1H3. The predicted molar refractivity (Wildman–Crippen MR) is 162 cm³/mol. The summed E-state index contributed by atoms with van der Waals surface area (Å²) >= 11 is 0.